The van der Waals surface area contributed by atoms with Crippen molar-refractivity contribution in [3.63, 3.8) is 0 Å². The molecule has 0 spiro atoms. The van der Waals surface area contributed by atoms with Gasteiger partial charge >= 0.3 is 0 Å². The third-order valence-electron chi connectivity index (χ3n) is 5.39. The van der Waals surface area contributed by atoms with Gasteiger partial charge in [0.15, 0.2) is 14.6 Å². The van der Waals surface area contributed by atoms with Crippen LogP contribution in [0.1, 0.15) is 25.3 Å². The van der Waals surface area contributed by atoms with Crippen molar-refractivity contribution in [3.05, 3.63) is 58.5 Å². The van der Waals surface area contributed by atoms with E-state index in [0.29, 0.717) is 12.1 Å². The molecule has 10 heteroatoms. The number of oxime groups is 1. The number of amides is 1. The molecule has 0 bridgehead atoms. The Morgan fingerprint density at radius 2 is 1.83 bits per heavy atom. The fraction of sp³-hybridized carbons (Fsp3) is 0.350. The molecule has 1 aliphatic rings. The molecule has 9 nitrogen and oxygen atoms in total. The van der Waals surface area contributed by atoms with Gasteiger partial charge in [-0.05, 0) is 29.7 Å². The topological polar surface area (TPSA) is 127 Å². The molecule has 3 rings (SSSR count). The van der Waals surface area contributed by atoms with E-state index in [-0.39, 0.29) is 12.0 Å². The highest BCUT2D eigenvalue weighted by atomic mass is 32.2. The van der Waals surface area contributed by atoms with E-state index in [9.17, 15) is 18.0 Å². The molecule has 2 N–H and O–H groups in total. The molecule has 0 saturated heterocycles. The Kier molecular flexibility index (Phi) is 5.82. The molecule has 2 heterocycles. The van der Waals surface area contributed by atoms with E-state index in [1.54, 1.807) is 19.3 Å². The van der Waals surface area contributed by atoms with Gasteiger partial charge in [0, 0.05) is 38.4 Å². The van der Waals surface area contributed by atoms with Crippen molar-refractivity contribution < 1.29 is 23.3 Å². The van der Waals surface area contributed by atoms with Gasteiger partial charge in [0.1, 0.15) is 6.10 Å². The second kappa shape index (κ2) is 8.04. The standard InChI is InChI=1S/C20H23N3O6S/c1-20(19(25)21-26,30(3,27)28)11-16-10-17(22-29-16)14-6-4-13(5-7-14)15-8-9-18(24)23(2)12-15/h4-9,12,16,26H,10-11H2,1-3H3,(H,21,25). The quantitative estimate of drug-likeness (QED) is 0.521. The number of hydrogen-bond acceptors (Lipinski definition) is 7. The Balaban J connectivity index is 1.74. The summed E-state index contributed by atoms with van der Waals surface area (Å²) in [5.41, 5.74) is 4.59. The minimum Gasteiger partial charge on any atom is -0.392 e. The molecule has 160 valence electrons. The predicted molar refractivity (Wildman–Crippen MR) is 111 cm³/mol. The molecular weight excluding hydrogens is 410 g/mol. The van der Waals surface area contributed by atoms with Gasteiger partial charge in [-0.15, -0.1) is 0 Å². The Morgan fingerprint density at radius 1 is 1.23 bits per heavy atom. The van der Waals surface area contributed by atoms with Crippen molar-refractivity contribution in [3.8, 4) is 11.1 Å². The van der Waals surface area contributed by atoms with Crippen LogP contribution in [0, 0.1) is 0 Å². The number of nitrogens with one attached hydrogen (secondary N) is 1. The second-order valence-corrected chi connectivity index (χ2v) is 10.0. The number of pyridine rings is 1. The minimum absolute atomic E-state index is 0.0881. The number of sulfone groups is 1. The summed E-state index contributed by atoms with van der Waals surface area (Å²) < 4.78 is 23.9. The third kappa shape index (κ3) is 4.14. The zero-order chi connectivity index (χ0) is 22.1. The van der Waals surface area contributed by atoms with Crippen LogP contribution in [0.5, 0.6) is 0 Å². The van der Waals surface area contributed by atoms with Crippen LogP contribution in [0.15, 0.2) is 52.5 Å². The molecule has 0 aliphatic carbocycles. The van der Waals surface area contributed by atoms with Gasteiger partial charge in [-0.1, -0.05) is 29.4 Å². The van der Waals surface area contributed by atoms with Gasteiger partial charge in [0.2, 0.25) is 5.56 Å². The highest BCUT2D eigenvalue weighted by Crippen LogP contribution is 2.30. The summed E-state index contributed by atoms with van der Waals surface area (Å²) in [6.45, 7) is 1.25. The first-order valence-electron chi connectivity index (χ1n) is 9.19. The molecule has 2 unspecified atom stereocenters. The van der Waals surface area contributed by atoms with E-state index in [2.05, 4.69) is 5.16 Å². The highest BCUT2D eigenvalue weighted by molar-refractivity contribution is 7.92. The molecule has 1 aliphatic heterocycles. The molecule has 2 atom stereocenters. The van der Waals surface area contributed by atoms with Gasteiger partial charge in [0.05, 0.1) is 5.71 Å². The van der Waals surface area contributed by atoms with E-state index < -0.39 is 26.6 Å². The van der Waals surface area contributed by atoms with Crippen LogP contribution in [0.4, 0.5) is 0 Å². The average Bonchev–Trinajstić information content (AvgIpc) is 3.17. The van der Waals surface area contributed by atoms with Gasteiger partial charge in [-0.3, -0.25) is 14.8 Å². The maximum atomic E-state index is 12.1. The molecule has 0 fully saturated rings. The second-order valence-electron chi connectivity index (χ2n) is 7.56. The van der Waals surface area contributed by atoms with E-state index in [1.165, 1.54) is 23.0 Å². The average molecular weight is 433 g/mol. The maximum Gasteiger partial charge on any atom is 0.264 e. The van der Waals surface area contributed by atoms with E-state index in [0.717, 1.165) is 22.9 Å². The summed E-state index contributed by atoms with van der Waals surface area (Å²) in [4.78, 5) is 28.9. The predicted octanol–water partition coefficient (Wildman–Crippen LogP) is 1.24. The molecule has 30 heavy (non-hydrogen) atoms. The van der Waals surface area contributed by atoms with Crippen molar-refractivity contribution in [2.24, 2.45) is 12.2 Å². The summed E-state index contributed by atoms with van der Waals surface area (Å²) in [7, 11) is -2.13. The van der Waals surface area contributed by atoms with Crippen LogP contribution in [0.3, 0.4) is 0 Å². The van der Waals surface area contributed by atoms with Crippen molar-refractivity contribution in [1.82, 2.24) is 10.0 Å². The lowest BCUT2D eigenvalue weighted by molar-refractivity contribution is -0.132. The third-order valence-corrected chi connectivity index (χ3v) is 7.38. The maximum absolute atomic E-state index is 12.1. The lowest BCUT2D eigenvalue weighted by Gasteiger charge is -2.26. The lowest BCUT2D eigenvalue weighted by atomic mass is 9.96. The summed E-state index contributed by atoms with van der Waals surface area (Å²) in [6.07, 6.45) is 2.24. The monoisotopic (exact) mass is 433 g/mol. The molecule has 1 aromatic heterocycles. The van der Waals surface area contributed by atoms with Crippen LogP contribution >= 0.6 is 0 Å². The number of hydroxylamine groups is 1. The normalized spacial score (nSPS) is 18.3. The summed E-state index contributed by atoms with van der Waals surface area (Å²) in [6, 6.07) is 10.8. The lowest BCUT2D eigenvalue weighted by Crippen LogP contribution is -2.51. The van der Waals surface area contributed by atoms with Gasteiger partial charge in [-0.25, -0.2) is 13.9 Å². The van der Waals surface area contributed by atoms with Crippen molar-refractivity contribution >= 4 is 21.5 Å². The molecule has 0 radical (unpaired) electrons. The first-order chi connectivity index (χ1) is 14.0. The van der Waals surface area contributed by atoms with Crippen molar-refractivity contribution in [2.75, 3.05) is 6.26 Å². The number of carbonyl (C=O) groups is 1. The Hall–Kier alpha value is -2.98. The number of nitrogens with zero attached hydrogens (tertiary/aromatic N) is 2. The summed E-state index contributed by atoms with van der Waals surface area (Å²) >= 11 is 0. The molecule has 2 aromatic rings. The Labute approximate surface area is 173 Å². The summed E-state index contributed by atoms with van der Waals surface area (Å²) in [5.74, 6) is -1.01. The van der Waals surface area contributed by atoms with Gasteiger partial charge in [-0.2, -0.15) is 0 Å². The first-order valence-corrected chi connectivity index (χ1v) is 11.1. The summed E-state index contributed by atoms with van der Waals surface area (Å²) in [5, 5.41) is 13.0. The Bertz CT molecular complexity index is 1150. The number of rotatable bonds is 6. The first kappa shape index (κ1) is 21.7. The van der Waals surface area contributed by atoms with Crippen LogP contribution < -0.4 is 11.0 Å². The SMILES string of the molecule is Cn1cc(-c2ccc(C3=NOC(CC(C)(C(=O)NO)S(C)(=O)=O)C3)cc2)ccc1=O. The largest absolute Gasteiger partial charge is 0.392 e. The highest BCUT2D eigenvalue weighted by Gasteiger charge is 2.47. The van der Waals surface area contributed by atoms with E-state index in [1.807, 2.05) is 24.3 Å². The zero-order valence-corrected chi connectivity index (χ0v) is 17.6. The van der Waals surface area contributed by atoms with E-state index in [4.69, 9.17) is 10.0 Å². The molecular formula is C20H23N3O6S. The van der Waals surface area contributed by atoms with Crippen LogP contribution in [-0.2, 0) is 26.5 Å². The van der Waals surface area contributed by atoms with Crippen LogP contribution in [-0.4, -0.2) is 46.9 Å². The fourth-order valence-electron chi connectivity index (χ4n) is 3.29. The number of aromatic nitrogens is 1. The fourth-order valence-corrected chi connectivity index (χ4v) is 4.16. The molecule has 0 saturated carbocycles. The number of aryl methyl sites for hydroxylation is 1. The van der Waals surface area contributed by atoms with Crippen LogP contribution in [0.2, 0.25) is 0 Å². The smallest absolute Gasteiger partial charge is 0.264 e. The van der Waals surface area contributed by atoms with Gasteiger partial charge < -0.3 is 9.40 Å². The number of carbonyl (C=O) groups excluding carboxylic acids is 1. The zero-order valence-electron chi connectivity index (χ0n) is 16.8. The number of hydrogen-bond donors (Lipinski definition) is 2. The molecule has 1 amide bonds. The Morgan fingerprint density at radius 3 is 2.40 bits per heavy atom. The van der Waals surface area contributed by atoms with Crippen molar-refractivity contribution in [2.45, 2.75) is 30.6 Å². The number of benzene rings is 1. The van der Waals surface area contributed by atoms with E-state index >= 15 is 0 Å². The molecule has 1 aromatic carbocycles. The van der Waals surface area contributed by atoms with Crippen LogP contribution in [0.25, 0.3) is 11.1 Å². The van der Waals surface area contributed by atoms with Crippen molar-refractivity contribution in [1.29, 1.82) is 0 Å². The van der Waals surface area contributed by atoms with Gasteiger partial charge in [0.25, 0.3) is 5.91 Å². The minimum atomic E-state index is -3.82.